The van der Waals surface area contributed by atoms with Crippen LogP contribution in [0.25, 0.3) is 0 Å². The predicted octanol–water partition coefficient (Wildman–Crippen LogP) is 4.97. The van der Waals surface area contributed by atoms with Crippen molar-refractivity contribution in [2.24, 2.45) is 29.2 Å². The van der Waals surface area contributed by atoms with Crippen molar-refractivity contribution < 1.29 is 0 Å². The van der Waals surface area contributed by atoms with Crippen molar-refractivity contribution in [3.8, 4) is 12.3 Å². The van der Waals surface area contributed by atoms with E-state index in [1.165, 1.54) is 13.8 Å². The van der Waals surface area contributed by atoms with E-state index in [9.17, 15) is 0 Å². The molecular formula is C21H37N2P. The van der Waals surface area contributed by atoms with E-state index < -0.39 is 0 Å². The van der Waals surface area contributed by atoms with Gasteiger partial charge in [0.25, 0.3) is 0 Å². The largest absolute Gasteiger partial charge is 0.401 e. The van der Waals surface area contributed by atoms with Gasteiger partial charge in [-0.3, -0.25) is 0 Å². The molecule has 0 spiro atoms. The van der Waals surface area contributed by atoms with E-state index in [1.54, 1.807) is 0 Å². The molecule has 0 fully saturated rings. The summed E-state index contributed by atoms with van der Waals surface area (Å²) < 4.78 is 0. The average molecular weight is 349 g/mol. The number of nitrogens with two attached hydrogens (primary N) is 2. The molecule has 136 valence electrons. The monoisotopic (exact) mass is 348 g/mol. The highest BCUT2D eigenvalue weighted by atomic mass is 31.1. The van der Waals surface area contributed by atoms with Crippen LogP contribution in [-0.4, -0.2) is 18.5 Å². The smallest absolute Gasteiger partial charge is 0.0623 e. The lowest BCUT2D eigenvalue weighted by atomic mass is 9.85. The second-order valence-electron chi connectivity index (χ2n) is 6.39. The van der Waals surface area contributed by atoms with Gasteiger partial charge in [-0.15, -0.1) is 14.6 Å². The second kappa shape index (κ2) is 14.3. The molecule has 4 N–H and O–H groups in total. The summed E-state index contributed by atoms with van der Waals surface area (Å²) >= 11 is 0. The first-order chi connectivity index (χ1) is 11.5. The molecule has 0 aliphatic carbocycles. The summed E-state index contributed by atoms with van der Waals surface area (Å²) in [5.74, 6) is 6.17. The number of hydrogen-bond acceptors (Lipinski definition) is 2. The minimum absolute atomic E-state index is 0.0627. The molecule has 3 unspecified atom stereocenters. The minimum atomic E-state index is 0.0627. The predicted molar refractivity (Wildman–Crippen MR) is 112 cm³/mol. The van der Waals surface area contributed by atoms with Crippen LogP contribution in [-0.2, 0) is 0 Å². The first-order valence-electron chi connectivity index (χ1n) is 9.36. The normalized spacial score (nSPS) is 16.8. The van der Waals surface area contributed by atoms with Gasteiger partial charge in [0, 0.05) is 11.9 Å². The van der Waals surface area contributed by atoms with Crippen molar-refractivity contribution in [1.29, 1.82) is 0 Å². The van der Waals surface area contributed by atoms with Crippen LogP contribution in [0, 0.1) is 30.1 Å². The summed E-state index contributed by atoms with van der Waals surface area (Å²) in [6.45, 7) is 9.62. The number of rotatable bonds is 12. The van der Waals surface area contributed by atoms with E-state index in [1.807, 2.05) is 6.08 Å². The summed E-state index contributed by atoms with van der Waals surface area (Å²) in [4.78, 5) is 0. The first-order valence-corrected chi connectivity index (χ1v) is 10.5. The standard InChI is InChI=1S/C21H37N2P/c1-6-10-19(8-3)20(9-4)21(23)13-16-24-15-12-18(7-2)17(5)11-14-22/h4,12-13,16-17,19-20H,6-8,10-11,14-15,22-23H2,1-3,5H3/b18-12-,21-13-. The van der Waals surface area contributed by atoms with E-state index in [0.717, 1.165) is 50.5 Å². The Kier molecular flexibility index (Phi) is 13.7. The van der Waals surface area contributed by atoms with Crippen LogP contribution in [0.4, 0.5) is 0 Å². The summed E-state index contributed by atoms with van der Waals surface area (Å²) in [6, 6.07) is 0. The molecule has 0 saturated carbocycles. The van der Waals surface area contributed by atoms with Crippen LogP contribution in [0.2, 0.25) is 0 Å². The maximum Gasteiger partial charge on any atom is 0.0623 e. The van der Waals surface area contributed by atoms with Crippen LogP contribution < -0.4 is 11.5 Å². The molecular weight excluding hydrogens is 311 g/mol. The number of terminal acetylenes is 1. The molecule has 0 radical (unpaired) electrons. The van der Waals surface area contributed by atoms with E-state index >= 15 is 0 Å². The van der Waals surface area contributed by atoms with Gasteiger partial charge in [0.15, 0.2) is 0 Å². The Bertz CT molecular complexity index is 457. The molecule has 0 aromatic heterocycles. The Balaban J connectivity index is 4.74. The van der Waals surface area contributed by atoms with Crippen molar-refractivity contribution in [2.45, 2.75) is 59.8 Å². The summed E-state index contributed by atoms with van der Waals surface area (Å²) in [5, 5.41) is 0. The molecule has 0 bridgehead atoms. The first kappa shape index (κ1) is 23.0. The van der Waals surface area contributed by atoms with E-state index in [4.69, 9.17) is 17.9 Å². The Morgan fingerprint density at radius 1 is 1.25 bits per heavy atom. The molecule has 3 heteroatoms. The van der Waals surface area contributed by atoms with E-state index in [2.05, 4.69) is 45.5 Å². The third-order valence-corrected chi connectivity index (χ3v) is 5.42. The summed E-state index contributed by atoms with van der Waals surface area (Å²) in [6.07, 6.45) is 16.7. The van der Waals surface area contributed by atoms with Gasteiger partial charge in [0.05, 0.1) is 5.92 Å². The van der Waals surface area contributed by atoms with Crippen molar-refractivity contribution in [2.75, 3.05) is 12.7 Å². The Labute approximate surface area is 152 Å². The third kappa shape index (κ3) is 8.72. The molecule has 2 nitrogen and oxygen atoms in total. The van der Waals surface area contributed by atoms with Gasteiger partial charge in [-0.25, -0.2) is 0 Å². The van der Waals surface area contributed by atoms with Crippen molar-refractivity contribution in [1.82, 2.24) is 0 Å². The van der Waals surface area contributed by atoms with Crippen molar-refractivity contribution >= 4 is 14.0 Å². The molecule has 3 atom stereocenters. The van der Waals surface area contributed by atoms with Gasteiger partial charge in [-0.05, 0) is 49.5 Å². The van der Waals surface area contributed by atoms with Crippen molar-refractivity contribution in [3.63, 3.8) is 0 Å². The van der Waals surface area contributed by atoms with Crippen molar-refractivity contribution in [3.05, 3.63) is 23.4 Å². The number of allylic oxidation sites excluding steroid dienone is 4. The van der Waals surface area contributed by atoms with Crippen LogP contribution in [0.5, 0.6) is 0 Å². The highest BCUT2D eigenvalue weighted by Crippen LogP contribution is 2.25. The molecule has 0 aromatic rings. The lowest BCUT2D eigenvalue weighted by Gasteiger charge is -2.21. The Morgan fingerprint density at radius 2 is 1.96 bits per heavy atom. The van der Waals surface area contributed by atoms with Gasteiger partial charge in [0.2, 0.25) is 0 Å². The maximum atomic E-state index is 6.24. The minimum Gasteiger partial charge on any atom is -0.401 e. The molecule has 0 amide bonds. The SMILES string of the molecule is C#CC(/C(N)=C/C=P/C/C=C(/CC)C(C)CCN)C(CC)CCC. The zero-order chi connectivity index (χ0) is 18.4. The molecule has 0 aliphatic heterocycles. The molecule has 0 rings (SSSR count). The Morgan fingerprint density at radius 3 is 2.46 bits per heavy atom. The van der Waals surface area contributed by atoms with Gasteiger partial charge in [-0.2, -0.15) is 0 Å². The second-order valence-corrected chi connectivity index (χ2v) is 7.42. The van der Waals surface area contributed by atoms with Crippen LogP contribution in [0.3, 0.4) is 0 Å². The number of hydrogen-bond donors (Lipinski definition) is 2. The average Bonchev–Trinajstić information content (AvgIpc) is 2.57. The van der Waals surface area contributed by atoms with E-state index in [0.29, 0.717) is 11.8 Å². The van der Waals surface area contributed by atoms with E-state index in [-0.39, 0.29) is 5.92 Å². The molecule has 24 heavy (non-hydrogen) atoms. The summed E-state index contributed by atoms with van der Waals surface area (Å²) in [7, 11) is 1.26. The zero-order valence-electron chi connectivity index (χ0n) is 16.1. The fourth-order valence-electron chi connectivity index (χ4n) is 3.08. The van der Waals surface area contributed by atoms with Gasteiger partial charge >= 0.3 is 0 Å². The van der Waals surface area contributed by atoms with Crippen LogP contribution in [0.15, 0.2) is 23.4 Å². The summed E-state index contributed by atoms with van der Waals surface area (Å²) in [5.41, 5.74) is 14.2. The van der Waals surface area contributed by atoms with Crippen LogP contribution >= 0.6 is 8.20 Å². The maximum absolute atomic E-state index is 6.24. The third-order valence-electron chi connectivity index (χ3n) is 4.67. The quantitative estimate of drug-likeness (QED) is 0.297. The van der Waals surface area contributed by atoms with Gasteiger partial charge in [-0.1, -0.05) is 58.1 Å². The zero-order valence-corrected chi connectivity index (χ0v) is 17.0. The lowest BCUT2D eigenvalue weighted by molar-refractivity contribution is 0.398. The molecule has 0 aromatic carbocycles. The van der Waals surface area contributed by atoms with Gasteiger partial charge in [0.1, 0.15) is 0 Å². The van der Waals surface area contributed by atoms with Gasteiger partial charge < -0.3 is 11.5 Å². The molecule has 0 heterocycles. The topological polar surface area (TPSA) is 52.0 Å². The van der Waals surface area contributed by atoms with Crippen LogP contribution in [0.1, 0.15) is 59.8 Å². The fourth-order valence-corrected chi connectivity index (χ4v) is 3.82. The Hall–Kier alpha value is -1.03. The lowest BCUT2D eigenvalue weighted by Crippen LogP contribution is -2.20. The molecule has 0 aliphatic rings. The fraction of sp³-hybridized carbons (Fsp3) is 0.667. The molecule has 0 saturated heterocycles. The highest BCUT2D eigenvalue weighted by molar-refractivity contribution is 7.39. The highest BCUT2D eigenvalue weighted by Gasteiger charge is 2.18.